The zero-order valence-electron chi connectivity index (χ0n) is 11.8. The zero-order valence-corrected chi connectivity index (χ0v) is 11.8. The van der Waals surface area contributed by atoms with Crippen LogP contribution in [0.2, 0.25) is 0 Å². The summed E-state index contributed by atoms with van der Waals surface area (Å²) in [6.45, 7) is 5.61. The Bertz CT molecular complexity index is 505. The highest BCUT2D eigenvalue weighted by atomic mass is 16.6. The van der Waals surface area contributed by atoms with Crippen molar-refractivity contribution >= 4 is 11.6 Å². The van der Waals surface area contributed by atoms with Gasteiger partial charge in [-0.3, -0.25) is 14.9 Å². The molecule has 1 aliphatic heterocycles. The maximum Gasteiger partial charge on any atom is 0.287 e. The Morgan fingerprint density at radius 3 is 2.40 bits per heavy atom. The average Bonchev–Trinajstić information content (AvgIpc) is 2.37. The van der Waals surface area contributed by atoms with Gasteiger partial charge in [-0.05, 0) is 27.0 Å². The molecule has 2 atom stereocenters. The van der Waals surface area contributed by atoms with Crippen LogP contribution >= 0.6 is 0 Å². The molecule has 1 saturated heterocycles. The van der Waals surface area contributed by atoms with Gasteiger partial charge in [-0.15, -0.1) is 0 Å². The summed E-state index contributed by atoms with van der Waals surface area (Å²) >= 11 is 0. The van der Waals surface area contributed by atoms with Gasteiger partial charge in [0.15, 0.2) is 0 Å². The van der Waals surface area contributed by atoms with Gasteiger partial charge in [-0.2, -0.15) is 0 Å². The minimum absolute atomic E-state index is 0.0910. The minimum atomic E-state index is -0.525. The van der Waals surface area contributed by atoms with Crippen LogP contribution in [0.25, 0.3) is 0 Å². The molecule has 0 bridgehead atoms. The monoisotopic (exact) mass is 278 g/mol. The van der Waals surface area contributed by atoms with E-state index in [-0.39, 0.29) is 29.4 Å². The van der Waals surface area contributed by atoms with Crippen LogP contribution in [0.5, 0.6) is 0 Å². The lowest BCUT2D eigenvalue weighted by Crippen LogP contribution is -2.57. The molecule has 20 heavy (non-hydrogen) atoms. The van der Waals surface area contributed by atoms with Crippen molar-refractivity contribution in [2.45, 2.75) is 25.9 Å². The van der Waals surface area contributed by atoms with Crippen LogP contribution in [0.15, 0.2) is 18.3 Å². The smallest absolute Gasteiger partial charge is 0.287 e. The summed E-state index contributed by atoms with van der Waals surface area (Å²) in [7, 11) is 2.03. The van der Waals surface area contributed by atoms with Crippen LogP contribution in [-0.4, -0.2) is 57.8 Å². The summed E-state index contributed by atoms with van der Waals surface area (Å²) in [5, 5.41) is 10.6. The third-order valence-electron chi connectivity index (χ3n) is 3.51. The number of likely N-dealkylation sites (N-methyl/N-ethyl adjacent to an activating group) is 1. The van der Waals surface area contributed by atoms with Crippen molar-refractivity contribution in [3.05, 3.63) is 34.1 Å². The number of amides is 1. The van der Waals surface area contributed by atoms with Gasteiger partial charge in [0.2, 0.25) is 0 Å². The van der Waals surface area contributed by atoms with E-state index >= 15 is 0 Å². The molecule has 1 aromatic heterocycles. The van der Waals surface area contributed by atoms with Crippen LogP contribution in [0, 0.1) is 10.1 Å². The average molecular weight is 278 g/mol. The second-order valence-corrected chi connectivity index (χ2v) is 5.29. The molecule has 2 rings (SSSR count). The van der Waals surface area contributed by atoms with Gasteiger partial charge >= 0.3 is 0 Å². The van der Waals surface area contributed by atoms with Crippen molar-refractivity contribution in [3.63, 3.8) is 0 Å². The number of carbonyl (C=O) groups is 1. The van der Waals surface area contributed by atoms with E-state index in [0.29, 0.717) is 0 Å². The molecule has 2 heterocycles. The van der Waals surface area contributed by atoms with Crippen molar-refractivity contribution in [1.29, 1.82) is 0 Å². The van der Waals surface area contributed by atoms with Gasteiger partial charge in [-0.1, -0.05) is 0 Å². The molecule has 0 aromatic carbocycles. The first-order chi connectivity index (χ1) is 9.40. The fraction of sp³-hybridized carbons (Fsp3) is 0.538. The van der Waals surface area contributed by atoms with E-state index in [0.717, 1.165) is 19.3 Å². The lowest BCUT2D eigenvalue weighted by Gasteiger charge is -2.43. The number of nitro groups is 1. The van der Waals surface area contributed by atoms with Gasteiger partial charge in [0.25, 0.3) is 11.6 Å². The van der Waals surface area contributed by atoms with Gasteiger partial charge in [0.1, 0.15) is 11.9 Å². The number of hydrogen-bond donors (Lipinski definition) is 0. The molecule has 1 aromatic rings. The first-order valence-corrected chi connectivity index (χ1v) is 6.51. The molecule has 0 saturated carbocycles. The molecule has 7 nitrogen and oxygen atoms in total. The van der Waals surface area contributed by atoms with Crippen molar-refractivity contribution in [1.82, 2.24) is 14.8 Å². The normalized spacial score (nSPS) is 23.6. The second-order valence-electron chi connectivity index (χ2n) is 5.29. The zero-order chi connectivity index (χ0) is 14.9. The highest BCUT2D eigenvalue weighted by Gasteiger charge is 2.32. The molecule has 7 heteroatoms. The molecule has 0 N–H and O–H groups in total. The Morgan fingerprint density at radius 2 is 1.95 bits per heavy atom. The third-order valence-corrected chi connectivity index (χ3v) is 3.51. The van der Waals surface area contributed by atoms with Gasteiger partial charge in [0.05, 0.1) is 4.92 Å². The Kier molecular flexibility index (Phi) is 3.99. The molecule has 1 aliphatic rings. The van der Waals surface area contributed by atoms with Crippen LogP contribution in [0.1, 0.15) is 24.3 Å². The van der Waals surface area contributed by atoms with Crippen LogP contribution in [0.4, 0.5) is 5.69 Å². The molecular weight excluding hydrogens is 260 g/mol. The Hall–Kier alpha value is -2.02. The number of rotatable bonds is 2. The SMILES string of the molecule is C[C@@H]1CN(C)C[C@@H](C)N1C(=O)c1ccc([N+](=O)[O-])cn1. The molecule has 0 radical (unpaired) electrons. The number of hydrogen-bond acceptors (Lipinski definition) is 5. The maximum absolute atomic E-state index is 12.5. The van der Waals surface area contributed by atoms with Crippen LogP contribution < -0.4 is 0 Å². The Morgan fingerprint density at radius 1 is 1.35 bits per heavy atom. The number of aromatic nitrogens is 1. The highest BCUT2D eigenvalue weighted by molar-refractivity contribution is 5.93. The van der Waals surface area contributed by atoms with E-state index in [1.165, 1.54) is 12.1 Å². The van der Waals surface area contributed by atoms with E-state index in [1.54, 1.807) is 4.90 Å². The van der Waals surface area contributed by atoms with E-state index in [9.17, 15) is 14.9 Å². The number of nitrogens with zero attached hydrogens (tertiary/aromatic N) is 4. The molecule has 0 unspecified atom stereocenters. The van der Waals surface area contributed by atoms with Crippen LogP contribution in [-0.2, 0) is 0 Å². The number of piperazine rings is 1. The molecular formula is C13H18N4O3. The van der Waals surface area contributed by atoms with Gasteiger partial charge in [-0.25, -0.2) is 4.98 Å². The van der Waals surface area contributed by atoms with Crippen molar-refractivity contribution in [2.24, 2.45) is 0 Å². The van der Waals surface area contributed by atoms with E-state index in [1.807, 2.05) is 20.9 Å². The van der Waals surface area contributed by atoms with Gasteiger partial charge < -0.3 is 9.80 Å². The molecule has 108 valence electrons. The predicted molar refractivity (Wildman–Crippen MR) is 73.5 cm³/mol. The van der Waals surface area contributed by atoms with Crippen LogP contribution in [0.3, 0.4) is 0 Å². The summed E-state index contributed by atoms with van der Waals surface area (Å²) in [5.41, 5.74) is 0.139. The van der Waals surface area contributed by atoms with Gasteiger partial charge in [0, 0.05) is 31.2 Å². The van der Waals surface area contributed by atoms with Crippen molar-refractivity contribution in [2.75, 3.05) is 20.1 Å². The first kappa shape index (κ1) is 14.4. The Balaban J connectivity index is 2.20. The third kappa shape index (κ3) is 2.77. The topological polar surface area (TPSA) is 79.6 Å². The summed E-state index contributed by atoms with van der Waals surface area (Å²) in [4.78, 5) is 30.4. The standard InChI is InChI=1S/C13H18N4O3/c1-9-7-15(3)8-10(2)16(9)13(18)12-5-4-11(6-14-12)17(19)20/h4-6,9-10H,7-8H2,1-3H3/t9-,10-/m1/s1. The van der Waals surface area contributed by atoms with Crippen molar-refractivity contribution < 1.29 is 9.72 Å². The number of carbonyl (C=O) groups excluding carboxylic acids is 1. The highest BCUT2D eigenvalue weighted by Crippen LogP contribution is 2.18. The summed E-state index contributed by atoms with van der Waals surface area (Å²) in [5.74, 6) is -0.173. The summed E-state index contributed by atoms with van der Waals surface area (Å²) < 4.78 is 0. The van der Waals surface area contributed by atoms with E-state index in [4.69, 9.17) is 0 Å². The lowest BCUT2D eigenvalue weighted by atomic mass is 10.1. The largest absolute Gasteiger partial charge is 0.329 e. The molecule has 1 amide bonds. The summed E-state index contributed by atoms with van der Waals surface area (Å²) in [6, 6.07) is 2.91. The summed E-state index contributed by atoms with van der Waals surface area (Å²) in [6.07, 6.45) is 1.12. The predicted octanol–water partition coefficient (Wildman–Crippen LogP) is 1.15. The van der Waals surface area contributed by atoms with E-state index in [2.05, 4.69) is 9.88 Å². The van der Waals surface area contributed by atoms with E-state index < -0.39 is 4.92 Å². The fourth-order valence-electron chi connectivity index (χ4n) is 2.74. The quantitative estimate of drug-likeness (QED) is 0.599. The molecule has 1 fully saturated rings. The molecule has 0 spiro atoms. The molecule has 0 aliphatic carbocycles. The number of pyridine rings is 1. The second kappa shape index (κ2) is 5.54. The lowest BCUT2D eigenvalue weighted by molar-refractivity contribution is -0.385. The Labute approximate surface area is 117 Å². The van der Waals surface area contributed by atoms with Crippen molar-refractivity contribution in [3.8, 4) is 0 Å². The minimum Gasteiger partial charge on any atom is -0.329 e. The first-order valence-electron chi connectivity index (χ1n) is 6.51. The maximum atomic E-state index is 12.5. The fourth-order valence-corrected chi connectivity index (χ4v) is 2.74.